The summed E-state index contributed by atoms with van der Waals surface area (Å²) in [6.45, 7) is 0.264. The van der Waals surface area contributed by atoms with Crippen LogP contribution in [0.5, 0.6) is 5.75 Å². The van der Waals surface area contributed by atoms with Crippen molar-refractivity contribution in [2.75, 3.05) is 7.11 Å². The van der Waals surface area contributed by atoms with Gasteiger partial charge in [0.2, 0.25) is 10.0 Å². The highest BCUT2D eigenvalue weighted by molar-refractivity contribution is 7.89. The summed E-state index contributed by atoms with van der Waals surface area (Å²) in [4.78, 5) is 1.06. The van der Waals surface area contributed by atoms with E-state index in [-0.39, 0.29) is 11.4 Å². The zero-order valence-electron chi connectivity index (χ0n) is 12.3. The van der Waals surface area contributed by atoms with Crippen molar-refractivity contribution in [1.82, 2.24) is 14.5 Å². The monoisotopic (exact) mass is 349 g/mol. The van der Waals surface area contributed by atoms with E-state index in [0.29, 0.717) is 11.4 Å². The maximum absolute atomic E-state index is 12.3. The largest absolute Gasteiger partial charge is 0.494 e. The third kappa shape index (κ3) is 3.44. The molecule has 0 aliphatic carbocycles. The Hall–Kier alpha value is -2.16. The van der Waals surface area contributed by atoms with Crippen LogP contribution in [0.2, 0.25) is 0 Å². The molecule has 120 valence electrons. The van der Waals surface area contributed by atoms with E-state index in [9.17, 15) is 8.42 Å². The molecule has 0 fully saturated rings. The van der Waals surface area contributed by atoms with Crippen LogP contribution < -0.4 is 9.46 Å². The van der Waals surface area contributed by atoms with Gasteiger partial charge in [0.1, 0.15) is 16.3 Å². The van der Waals surface area contributed by atoms with Crippen LogP contribution in [-0.2, 0) is 16.6 Å². The lowest BCUT2D eigenvalue weighted by Gasteiger charge is -2.07. The molecule has 8 heteroatoms. The van der Waals surface area contributed by atoms with Gasteiger partial charge in [0.15, 0.2) is 0 Å². The molecule has 0 saturated carbocycles. The number of thiophene rings is 1. The molecule has 0 saturated heterocycles. The smallest absolute Gasteiger partial charge is 0.244 e. The van der Waals surface area contributed by atoms with E-state index >= 15 is 0 Å². The van der Waals surface area contributed by atoms with Crippen molar-refractivity contribution in [2.45, 2.75) is 11.4 Å². The molecular weight excluding hydrogens is 334 g/mol. The summed E-state index contributed by atoms with van der Waals surface area (Å²) >= 11 is 1.50. The van der Waals surface area contributed by atoms with Crippen molar-refractivity contribution in [2.24, 2.45) is 0 Å². The molecule has 0 aliphatic rings. The van der Waals surface area contributed by atoms with Crippen LogP contribution in [0, 0.1) is 0 Å². The van der Waals surface area contributed by atoms with Crippen LogP contribution in [0.3, 0.4) is 0 Å². The van der Waals surface area contributed by atoms with E-state index in [1.807, 2.05) is 29.6 Å². The van der Waals surface area contributed by atoms with Gasteiger partial charge in [-0.3, -0.25) is 0 Å². The number of nitrogens with one attached hydrogen (secondary N) is 1. The lowest BCUT2D eigenvalue weighted by Crippen LogP contribution is -2.22. The second-order valence-corrected chi connectivity index (χ2v) is 7.50. The second kappa shape index (κ2) is 6.53. The van der Waals surface area contributed by atoms with Crippen molar-refractivity contribution in [3.63, 3.8) is 0 Å². The van der Waals surface area contributed by atoms with Gasteiger partial charge in [-0.2, -0.15) is 5.10 Å². The maximum Gasteiger partial charge on any atom is 0.244 e. The van der Waals surface area contributed by atoms with Gasteiger partial charge in [-0.1, -0.05) is 18.2 Å². The molecule has 1 N–H and O–H groups in total. The van der Waals surface area contributed by atoms with Crippen LogP contribution in [-0.4, -0.2) is 25.3 Å². The number of methoxy groups -OCH3 is 1. The van der Waals surface area contributed by atoms with E-state index in [0.717, 1.165) is 4.88 Å². The van der Waals surface area contributed by atoms with Gasteiger partial charge in [0.25, 0.3) is 0 Å². The Bertz CT molecular complexity index is 886. The number of benzene rings is 1. The fourth-order valence-corrected chi connectivity index (χ4v) is 3.73. The van der Waals surface area contributed by atoms with Gasteiger partial charge in [-0.15, -0.1) is 11.3 Å². The Morgan fingerprint density at radius 3 is 2.83 bits per heavy atom. The number of hydrogen-bond donors (Lipinski definition) is 1. The van der Waals surface area contributed by atoms with Crippen molar-refractivity contribution >= 4 is 21.4 Å². The molecule has 6 nitrogen and oxygen atoms in total. The van der Waals surface area contributed by atoms with Gasteiger partial charge in [-0.05, 0) is 23.6 Å². The third-order valence-electron chi connectivity index (χ3n) is 3.22. The second-order valence-electron chi connectivity index (χ2n) is 4.70. The first-order chi connectivity index (χ1) is 11.1. The summed E-state index contributed by atoms with van der Waals surface area (Å²) in [7, 11) is -2.05. The van der Waals surface area contributed by atoms with E-state index in [1.165, 1.54) is 28.4 Å². The number of para-hydroxylation sites is 2. The lowest BCUT2D eigenvalue weighted by molar-refractivity contribution is 0.411. The van der Waals surface area contributed by atoms with Crippen LogP contribution >= 0.6 is 11.3 Å². The molecule has 3 aromatic rings. The average Bonchev–Trinajstić information content (AvgIpc) is 3.24. The van der Waals surface area contributed by atoms with Crippen molar-refractivity contribution in [3.05, 3.63) is 59.0 Å². The third-order valence-corrected chi connectivity index (χ3v) is 5.45. The first kappa shape index (κ1) is 15.7. The summed E-state index contributed by atoms with van der Waals surface area (Å²) in [6.07, 6.45) is 2.79. The molecule has 1 aromatic carbocycles. The Morgan fingerprint density at radius 1 is 1.26 bits per heavy atom. The predicted octanol–water partition coefficient (Wildman–Crippen LogP) is 2.42. The molecule has 0 aliphatic heterocycles. The van der Waals surface area contributed by atoms with Gasteiger partial charge < -0.3 is 4.74 Å². The summed E-state index contributed by atoms with van der Waals surface area (Å²) in [5.41, 5.74) is 0.676. The van der Waals surface area contributed by atoms with E-state index in [4.69, 9.17) is 4.74 Å². The number of nitrogens with zero attached hydrogens (tertiary/aromatic N) is 2. The highest BCUT2D eigenvalue weighted by Crippen LogP contribution is 2.22. The number of ether oxygens (including phenoxy) is 1. The standard InChI is InChI=1S/C15H15N3O3S2/c1-21-15-7-3-2-6-14(15)18-11-13(10-16-18)23(19,20)17-9-12-5-4-8-22-12/h2-8,10-11,17H,9H2,1H3. The molecule has 2 aromatic heterocycles. The summed E-state index contributed by atoms with van der Waals surface area (Å²) in [5.74, 6) is 0.617. The maximum atomic E-state index is 12.3. The Balaban J connectivity index is 1.83. The number of hydrogen-bond acceptors (Lipinski definition) is 5. The Labute approximate surface area is 138 Å². The fourth-order valence-electron chi connectivity index (χ4n) is 2.06. The van der Waals surface area contributed by atoms with Crippen LogP contribution in [0.15, 0.2) is 59.1 Å². The first-order valence-corrected chi connectivity index (χ1v) is 9.16. The summed E-state index contributed by atoms with van der Waals surface area (Å²) in [5, 5.41) is 6.03. The van der Waals surface area contributed by atoms with Crippen LogP contribution in [0.1, 0.15) is 4.88 Å². The molecule has 0 bridgehead atoms. The Morgan fingerprint density at radius 2 is 2.09 bits per heavy atom. The first-order valence-electron chi connectivity index (χ1n) is 6.80. The zero-order chi connectivity index (χ0) is 16.3. The molecule has 0 atom stereocenters. The Kier molecular flexibility index (Phi) is 4.46. The lowest BCUT2D eigenvalue weighted by atomic mass is 10.3. The SMILES string of the molecule is COc1ccccc1-n1cc(S(=O)(=O)NCc2cccs2)cn1. The minimum absolute atomic E-state index is 0.111. The molecular formula is C15H15N3O3S2. The fraction of sp³-hybridized carbons (Fsp3) is 0.133. The topological polar surface area (TPSA) is 73.2 Å². The molecule has 3 rings (SSSR count). The van der Waals surface area contributed by atoms with E-state index < -0.39 is 10.0 Å². The number of sulfonamides is 1. The van der Waals surface area contributed by atoms with Crippen molar-refractivity contribution < 1.29 is 13.2 Å². The summed E-state index contributed by atoms with van der Waals surface area (Å²) in [6, 6.07) is 11.0. The molecule has 0 spiro atoms. The van der Waals surface area contributed by atoms with Gasteiger partial charge >= 0.3 is 0 Å². The normalized spacial score (nSPS) is 11.5. The highest BCUT2D eigenvalue weighted by atomic mass is 32.2. The van der Waals surface area contributed by atoms with Crippen molar-refractivity contribution in [1.29, 1.82) is 0 Å². The van der Waals surface area contributed by atoms with Gasteiger partial charge in [-0.25, -0.2) is 17.8 Å². The number of aromatic nitrogens is 2. The molecule has 0 radical (unpaired) electrons. The minimum Gasteiger partial charge on any atom is -0.494 e. The van der Waals surface area contributed by atoms with E-state index in [1.54, 1.807) is 19.2 Å². The van der Waals surface area contributed by atoms with Crippen molar-refractivity contribution in [3.8, 4) is 11.4 Å². The van der Waals surface area contributed by atoms with Gasteiger partial charge in [0, 0.05) is 11.4 Å². The van der Waals surface area contributed by atoms with Crippen LogP contribution in [0.4, 0.5) is 0 Å². The molecule has 0 amide bonds. The van der Waals surface area contributed by atoms with E-state index in [2.05, 4.69) is 9.82 Å². The number of rotatable bonds is 6. The minimum atomic E-state index is -3.61. The zero-order valence-corrected chi connectivity index (χ0v) is 14.0. The average molecular weight is 349 g/mol. The van der Waals surface area contributed by atoms with Gasteiger partial charge in [0.05, 0.1) is 19.5 Å². The van der Waals surface area contributed by atoms with Crippen LogP contribution in [0.25, 0.3) is 5.69 Å². The summed E-state index contributed by atoms with van der Waals surface area (Å²) < 4.78 is 34.0. The predicted molar refractivity (Wildman–Crippen MR) is 88.5 cm³/mol. The quantitative estimate of drug-likeness (QED) is 0.742. The molecule has 23 heavy (non-hydrogen) atoms. The molecule has 2 heterocycles. The molecule has 0 unspecified atom stereocenters. The highest BCUT2D eigenvalue weighted by Gasteiger charge is 2.17.